The lowest BCUT2D eigenvalue weighted by Gasteiger charge is -2.38. The van der Waals surface area contributed by atoms with Crippen molar-refractivity contribution in [3.8, 4) is 0 Å². The van der Waals surface area contributed by atoms with Crippen molar-refractivity contribution in [2.45, 2.75) is 39.4 Å². The molecule has 2 N–H and O–H groups in total. The van der Waals surface area contributed by atoms with E-state index in [-0.39, 0.29) is 29.8 Å². The van der Waals surface area contributed by atoms with Crippen LogP contribution in [0.25, 0.3) is 0 Å². The Kier molecular flexibility index (Phi) is 10.3. The predicted molar refractivity (Wildman–Crippen MR) is 111 cm³/mol. The number of aliphatic imine (C=N–C) groups is 1. The highest BCUT2D eigenvalue weighted by Gasteiger charge is 2.23. The number of nitrogens with zero attached hydrogens (tertiary/aromatic N) is 2. The molecule has 142 valence electrons. The average molecular weight is 464 g/mol. The minimum absolute atomic E-state index is 0. The highest BCUT2D eigenvalue weighted by Crippen LogP contribution is 2.10. The zero-order valence-corrected chi connectivity index (χ0v) is 17.6. The summed E-state index contributed by atoms with van der Waals surface area (Å²) in [6.07, 6.45) is 0. The second-order valence-electron chi connectivity index (χ2n) is 6.22. The minimum Gasteiger partial charge on any atom is -0.379 e. The van der Waals surface area contributed by atoms with Gasteiger partial charge in [-0.05, 0) is 38.5 Å². The lowest BCUT2D eigenvalue weighted by atomic mass is 10.2. The molecule has 0 amide bonds. The molecule has 0 aromatic heterocycles. The van der Waals surface area contributed by atoms with Crippen LogP contribution in [0, 0.1) is 5.82 Å². The van der Waals surface area contributed by atoms with E-state index in [0.29, 0.717) is 18.6 Å². The lowest BCUT2D eigenvalue weighted by Crippen LogP contribution is -2.53. The third kappa shape index (κ3) is 7.45. The first kappa shape index (κ1) is 22.1. The first-order chi connectivity index (χ1) is 11.6. The molecule has 0 radical (unpaired) electrons. The monoisotopic (exact) mass is 464 g/mol. The van der Waals surface area contributed by atoms with E-state index in [2.05, 4.69) is 34.4 Å². The van der Waals surface area contributed by atoms with E-state index in [9.17, 15) is 4.39 Å². The molecule has 0 bridgehead atoms. The van der Waals surface area contributed by atoms with Crippen molar-refractivity contribution in [3.05, 3.63) is 35.6 Å². The van der Waals surface area contributed by atoms with Crippen LogP contribution in [0.2, 0.25) is 0 Å². The van der Waals surface area contributed by atoms with Crippen LogP contribution in [0.4, 0.5) is 4.39 Å². The van der Waals surface area contributed by atoms with E-state index in [0.717, 1.165) is 44.4 Å². The molecule has 1 aliphatic rings. The van der Waals surface area contributed by atoms with Gasteiger partial charge in [0.1, 0.15) is 5.82 Å². The van der Waals surface area contributed by atoms with Gasteiger partial charge in [0.25, 0.3) is 0 Å². The molecular weight excluding hydrogens is 434 g/mol. The molecule has 0 spiro atoms. The molecule has 0 aliphatic carbocycles. The van der Waals surface area contributed by atoms with E-state index in [1.807, 2.05) is 13.0 Å². The SMILES string of the molecule is CCNC(=NCc1cccc(F)c1)NCC(C)N1CCOCC1C.I. The number of rotatable bonds is 6. The molecule has 1 fully saturated rings. The first-order valence-electron chi connectivity index (χ1n) is 8.70. The quantitative estimate of drug-likeness (QED) is 0.386. The smallest absolute Gasteiger partial charge is 0.191 e. The molecule has 1 aromatic carbocycles. The molecule has 1 aliphatic heterocycles. The molecule has 2 atom stereocenters. The van der Waals surface area contributed by atoms with Gasteiger partial charge in [-0.1, -0.05) is 12.1 Å². The van der Waals surface area contributed by atoms with Gasteiger partial charge in [0.15, 0.2) is 5.96 Å². The second-order valence-corrected chi connectivity index (χ2v) is 6.22. The molecule has 5 nitrogen and oxygen atoms in total. The molecule has 0 saturated carbocycles. The summed E-state index contributed by atoms with van der Waals surface area (Å²) >= 11 is 0. The maximum atomic E-state index is 13.2. The Hall–Kier alpha value is -0.930. The van der Waals surface area contributed by atoms with Gasteiger partial charge in [-0.25, -0.2) is 9.38 Å². The summed E-state index contributed by atoms with van der Waals surface area (Å²) < 4.78 is 18.7. The highest BCUT2D eigenvalue weighted by atomic mass is 127. The number of halogens is 2. The highest BCUT2D eigenvalue weighted by molar-refractivity contribution is 14.0. The van der Waals surface area contributed by atoms with Crippen LogP contribution in [0.3, 0.4) is 0 Å². The van der Waals surface area contributed by atoms with Crippen LogP contribution in [0.15, 0.2) is 29.3 Å². The summed E-state index contributed by atoms with van der Waals surface area (Å²) in [6, 6.07) is 7.38. The number of hydrogen-bond acceptors (Lipinski definition) is 3. The van der Waals surface area contributed by atoms with E-state index < -0.39 is 0 Å². The molecular formula is C18H30FIN4O. The Bertz CT molecular complexity index is 544. The van der Waals surface area contributed by atoms with Crippen LogP contribution in [-0.2, 0) is 11.3 Å². The third-order valence-electron chi connectivity index (χ3n) is 4.20. The molecule has 2 rings (SSSR count). The van der Waals surface area contributed by atoms with Gasteiger partial charge in [0.05, 0.1) is 19.8 Å². The van der Waals surface area contributed by atoms with E-state index in [1.165, 1.54) is 12.1 Å². The number of guanidine groups is 1. The standard InChI is InChI=1S/C18H29FN4O.HI/c1-4-20-18(22-12-16-6-5-7-17(19)10-16)21-11-14(2)23-8-9-24-13-15(23)3;/h5-7,10,14-15H,4,8-9,11-13H2,1-3H3,(H2,20,21,22);1H. The lowest BCUT2D eigenvalue weighted by molar-refractivity contribution is -0.0174. The van der Waals surface area contributed by atoms with E-state index in [1.54, 1.807) is 6.07 Å². The maximum Gasteiger partial charge on any atom is 0.191 e. The molecule has 25 heavy (non-hydrogen) atoms. The Morgan fingerprint density at radius 1 is 1.44 bits per heavy atom. The van der Waals surface area contributed by atoms with Gasteiger partial charge < -0.3 is 15.4 Å². The van der Waals surface area contributed by atoms with E-state index >= 15 is 0 Å². The Labute approximate surface area is 167 Å². The second kappa shape index (κ2) is 11.6. The van der Waals surface area contributed by atoms with Gasteiger partial charge in [-0.2, -0.15) is 0 Å². The summed E-state index contributed by atoms with van der Waals surface area (Å²) in [7, 11) is 0. The first-order valence-corrected chi connectivity index (χ1v) is 8.70. The van der Waals surface area contributed by atoms with Gasteiger partial charge in [-0.3, -0.25) is 4.90 Å². The fourth-order valence-electron chi connectivity index (χ4n) is 2.90. The summed E-state index contributed by atoms with van der Waals surface area (Å²) in [5.74, 6) is 0.533. The third-order valence-corrected chi connectivity index (χ3v) is 4.20. The normalized spacial score (nSPS) is 19.8. The maximum absolute atomic E-state index is 13.2. The topological polar surface area (TPSA) is 48.9 Å². The Morgan fingerprint density at radius 2 is 2.24 bits per heavy atom. The Balaban J connectivity index is 0.00000312. The van der Waals surface area contributed by atoms with Crippen molar-refractivity contribution in [2.75, 3.05) is 32.8 Å². The number of benzene rings is 1. The number of nitrogens with one attached hydrogen (secondary N) is 2. The fourth-order valence-corrected chi connectivity index (χ4v) is 2.90. The van der Waals surface area contributed by atoms with Crippen molar-refractivity contribution in [3.63, 3.8) is 0 Å². The zero-order chi connectivity index (χ0) is 17.4. The van der Waals surface area contributed by atoms with Crippen molar-refractivity contribution >= 4 is 29.9 Å². The minimum atomic E-state index is -0.226. The predicted octanol–water partition coefficient (Wildman–Crippen LogP) is 2.61. The molecule has 1 heterocycles. The van der Waals surface area contributed by atoms with Crippen LogP contribution in [0.1, 0.15) is 26.3 Å². The van der Waals surface area contributed by atoms with Crippen LogP contribution >= 0.6 is 24.0 Å². The Morgan fingerprint density at radius 3 is 2.92 bits per heavy atom. The van der Waals surface area contributed by atoms with Crippen molar-refractivity contribution in [1.29, 1.82) is 0 Å². The molecule has 2 unspecified atom stereocenters. The fraction of sp³-hybridized carbons (Fsp3) is 0.611. The van der Waals surface area contributed by atoms with Crippen molar-refractivity contribution in [1.82, 2.24) is 15.5 Å². The van der Waals surface area contributed by atoms with Gasteiger partial charge in [0.2, 0.25) is 0 Å². The number of morpholine rings is 1. The molecule has 1 aromatic rings. The van der Waals surface area contributed by atoms with Gasteiger partial charge >= 0.3 is 0 Å². The summed E-state index contributed by atoms with van der Waals surface area (Å²) in [6.45, 7) is 11.0. The van der Waals surface area contributed by atoms with E-state index in [4.69, 9.17) is 4.74 Å². The zero-order valence-electron chi connectivity index (χ0n) is 15.3. The largest absolute Gasteiger partial charge is 0.379 e. The van der Waals surface area contributed by atoms with Crippen molar-refractivity contribution < 1.29 is 9.13 Å². The van der Waals surface area contributed by atoms with Crippen LogP contribution < -0.4 is 10.6 Å². The van der Waals surface area contributed by atoms with Crippen molar-refractivity contribution in [2.24, 2.45) is 4.99 Å². The summed E-state index contributed by atoms with van der Waals surface area (Å²) in [4.78, 5) is 7.00. The summed E-state index contributed by atoms with van der Waals surface area (Å²) in [5.41, 5.74) is 0.863. The van der Waals surface area contributed by atoms with Crippen LogP contribution in [0.5, 0.6) is 0 Å². The van der Waals surface area contributed by atoms with Gasteiger partial charge in [-0.15, -0.1) is 24.0 Å². The van der Waals surface area contributed by atoms with Gasteiger partial charge in [0, 0.05) is 31.7 Å². The average Bonchev–Trinajstić information content (AvgIpc) is 2.57. The van der Waals surface area contributed by atoms with Crippen LogP contribution in [-0.4, -0.2) is 55.8 Å². The molecule has 1 saturated heterocycles. The molecule has 7 heteroatoms. The summed E-state index contributed by atoms with van der Waals surface area (Å²) in [5, 5.41) is 6.62. The number of hydrogen-bond donors (Lipinski definition) is 2. The number of ether oxygens (including phenoxy) is 1.